The van der Waals surface area contributed by atoms with Crippen molar-refractivity contribution in [1.82, 2.24) is 20.0 Å². The summed E-state index contributed by atoms with van der Waals surface area (Å²) >= 11 is 6.26. The molecular formula is C12H10ClN5. The monoisotopic (exact) mass is 259 g/mol. The molecule has 3 aromatic rings. The first-order chi connectivity index (χ1) is 8.75. The molecule has 0 saturated heterocycles. The van der Waals surface area contributed by atoms with Crippen molar-refractivity contribution in [3.05, 3.63) is 47.9 Å². The minimum absolute atomic E-state index is 0.526. The summed E-state index contributed by atoms with van der Waals surface area (Å²) in [5.74, 6) is 0.526. The van der Waals surface area contributed by atoms with Gasteiger partial charge in [-0.1, -0.05) is 17.7 Å². The van der Waals surface area contributed by atoms with E-state index in [2.05, 4.69) is 15.3 Å². The molecule has 0 amide bonds. The quantitative estimate of drug-likeness (QED) is 0.743. The van der Waals surface area contributed by atoms with Gasteiger partial charge in [0, 0.05) is 18.0 Å². The molecule has 0 radical (unpaired) electrons. The third kappa shape index (κ3) is 1.74. The number of nitrogens with one attached hydrogen (secondary N) is 1. The van der Waals surface area contributed by atoms with Crippen LogP contribution in [0.5, 0.6) is 0 Å². The Kier molecular flexibility index (Phi) is 2.53. The molecule has 3 N–H and O–H groups in total. The first-order valence-electron chi connectivity index (χ1n) is 5.34. The number of anilines is 1. The fraction of sp³-hybridized carbons (Fsp3) is 0. The van der Waals surface area contributed by atoms with Crippen LogP contribution in [0.4, 0.5) is 5.82 Å². The molecule has 0 spiro atoms. The van der Waals surface area contributed by atoms with Crippen molar-refractivity contribution in [1.29, 1.82) is 0 Å². The summed E-state index contributed by atoms with van der Waals surface area (Å²) in [7, 11) is 0. The second-order valence-corrected chi connectivity index (χ2v) is 4.22. The van der Waals surface area contributed by atoms with E-state index in [0.29, 0.717) is 10.8 Å². The zero-order valence-electron chi connectivity index (χ0n) is 9.34. The van der Waals surface area contributed by atoms with E-state index in [4.69, 9.17) is 17.3 Å². The van der Waals surface area contributed by atoms with E-state index in [1.165, 1.54) is 0 Å². The SMILES string of the molecule is Nc1[nH]ncc1-c1ccc(-n2cccn2)c(Cl)c1. The molecule has 3 rings (SSSR count). The van der Waals surface area contributed by atoms with Crippen LogP contribution >= 0.6 is 11.6 Å². The number of rotatable bonds is 2. The largest absolute Gasteiger partial charge is 0.384 e. The number of halogens is 1. The zero-order chi connectivity index (χ0) is 12.5. The highest BCUT2D eigenvalue weighted by molar-refractivity contribution is 6.32. The van der Waals surface area contributed by atoms with Gasteiger partial charge in [-0.2, -0.15) is 10.2 Å². The second-order valence-electron chi connectivity index (χ2n) is 3.81. The Morgan fingerprint density at radius 1 is 1.33 bits per heavy atom. The van der Waals surface area contributed by atoms with Crippen LogP contribution in [-0.2, 0) is 0 Å². The fourth-order valence-electron chi connectivity index (χ4n) is 1.80. The minimum atomic E-state index is 0.526. The number of nitrogen functional groups attached to an aromatic ring is 1. The Hall–Kier alpha value is -2.27. The van der Waals surface area contributed by atoms with Crippen LogP contribution in [0, 0.1) is 0 Å². The summed E-state index contributed by atoms with van der Waals surface area (Å²) in [6.07, 6.45) is 5.22. The Bertz CT molecular complexity index is 672. The maximum Gasteiger partial charge on any atom is 0.126 e. The third-order valence-electron chi connectivity index (χ3n) is 2.68. The number of hydrogen-bond donors (Lipinski definition) is 2. The smallest absolute Gasteiger partial charge is 0.126 e. The van der Waals surface area contributed by atoms with Crippen molar-refractivity contribution in [3.63, 3.8) is 0 Å². The number of benzene rings is 1. The van der Waals surface area contributed by atoms with Crippen LogP contribution in [-0.4, -0.2) is 20.0 Å². The van der Waals surface area contributed by atoms with E-state index in [1.807, 2.05) is 30.5 Å². The number of H-pyrrole nitrogens is 1. The number of aromatic amines is 1. The van der Waals surface area contributed by atoms with Crippen LogP contribution in [0.1, 0.15) is 0 Å². The van der Waals surface area contributed by atoms with Crippen LogP contribution in [0.2, 0.25) is 5.02 Å². The molecule has 5 nitrogen and oxygen atoms in total. The molecule has 0 bridgehead atoms. The lowest BCUT2D eigenvalue weighted by atomic mass is 10.1. The lowest BCUT2D eigenvalue weighted by Crippen LogP contribution is -1.95. The van der Waals surface area contributed by atoms with Crippen molar-refractivity contribution in [2.24, 2.45) is 0 Å². The topological polar surface area (TPSA) is 72.5 Å². The molecular weight excluding hydrogens is 250 g/mol. The maximum absolute atomic E-state index is 6.26. The average Bonchev–Trinajstić information content (AvgIpc) is 2.99. The van der Waals surface area contributed by atoms with Crippen LogP contribution in [0.3, 0.4) is 0 Å². The predicted octanol–water partition coefficient (Wildman–Crippen LogP) is 2.50. The van der Waals surface area contributed by atoms with Crippen molar-refractivity contribution < 1.29 is 0 Å². The van der Waals surface area contributed by atoms with Crippen molar-refractivity contribution in [2.45, 2.75) is 0 Å². The average molecular weight is 260 g/mol. The molecule has 0 aliphatic rings. The van der Waals surface area contributed by atoms with Gasteiger partial charge in [0.15, 0.2) is 0 Å². The van der Waals surface area contributed by atoms with Gasteiger partial charge in [-0.25, -0.2) is 4.68 Å². The highest BCUT2D eigenvalue weighted by Crippen LogP contribution is 2.29. The zero-order valence-corrected chi connectivity index (χ0v) is 10.1. The van der Waals surface area contributed by atoms with E-state index in [0.717, 1.165) is 16.8 Å². The molecule has 18 heavy (non-hydrogen) atoms. The first kappa shape index (κ1) is 10.9. The Morgan fingerprint density at radius 2 is 2.22 bits per heavy atom. The molecule has 2 heterocycles. The predicted molar refractivity (Wildman–Crippen MR) is 70.6 cm³/mol. The minimum Gasteiger partial charge on any atom is -0.384 e. The summed E-state index contributed by atoms with van der Waals surface area (Å²) < 4.78 is 1.71. The normalized spacial score (nSPS) is 10.7. The van der Waals surface area contributed by atoms with E-state index >= 15 is 0 Å². The molecule has 0 aliphatic carbocycles. The van der Waals surface area contributed by atoms with Gasteiger partial charge >= 0.3 is 0 Å². The summed E-state index contributed by atoms with van der Waals surface area (Å²) in [5.41, 5.74) is 8.36. The number of nitrogens with zero attached hydrogens (tertiary/aromatic N) is 3. The lowest BCUT2D eigenvalue weighted by Gasteiger charge is -2.06. The van der Waals surface area contributed by atoms with E-state index in [9.17, 15) is 0 Å². The fourth-order valence-corrected chi connectivity index (χ4v) is 2.06. The Labute approximate surface area is 108 Å². The number of aromatic nitrogens is 4. The van der Waals surface area contributed by atoms with Crippen molar-refractivity contribution >= 4 is 17.4 Å². The third-order valence-corrected chi connectivity index (χ3v) is 2.98. The maximum atomic E-state index is 6.26. The standard InChI is InChI=1S/C12H10ClN5/c13-10-6-8(9-7-15-17-12(9)14)2-3-11(10)18-5-1-4-16-18/h1-7H,(H3,14,15,17). The molecule has 0 aliphatic heterocycles. The highest BCUT2D eigenvalue weighted by Gasteiger charge is 2.08. The molecule has 90 valence electrons. The second kappa shape index (κ2) is 4.19. The van der Waals surface area contributed by atoms with Gasteiger partial charge in [0.2, 0.25) is 0 Å². The molecule has 0 atom stereocenters. The van der Waals surface area contributed by atoms with Gasteiger partial charge in [0.25, 0.3) is 0 Å². The first-order valence-corrected chi connectivity index (χ1v) is 5.72. The molecule has 2 aromatic heterocycles. The lowest BCUT2D eigenvalue weighted by molar-refractivity contribution is 0.881. The van der Waals surface area contributed by atoms with E-state index < -0.39 is 0 Å². The molecule has 6 heteroatoms. The van der Waals surface area contributed by atoms with E-state index in [-0.39, 0.29) is 0 Å². The van der Waals surface area contributed by atoms with Gasteiger partial charge in [0.05, 0.1) is 16.9 Å². The summed E-state index contributed by atoms with van der Waals surface area (Å²) in [4.78, 5) is 0. The Balaban J connectivity index is 2.07. The summed E-state index contributed by atoms with van der Waals surface area (Å²) in [6.45, 7) is 0. The van der Waals surface area contributed by atoms with E-state index in [1.54, 1.807) is 17.1 Å². The van der Waals surface area contributed by atoms with Gasteiger partial charge < -0.3 is 5.73 Å². The number of hydrogen-bond acceptors (Lipinski definition) is 3. The highest BCUT2D eigenvalue weighted by atomic mass is 35.5. The van der Waals surface area contributed by atoms with Gasteiger partial charge in [-0.3, -0.25) is 5.10 Å². The van der Waals surface area contributed by atoms with Crippen molar-refractivity contribution in [2.75, 3.05) is 5.73 Å². The van der Waals surface area contributed by atoms with Crippen molar-refractivity contribution in [3.8, 4) is 16.8 Å². The Morgan fingerprint density at radius 3 is 2.83 bits per heavy atom. The van der Waals surface area contributed by atoms with Gasteiger partial charge in [-0.15, -0.1) is 0 Å². The van der Waals surface area contributed by atoms with Crippen LogP contribution < -0.4 is 5.73 Å². The van der Waals surface area contributed by atoms with Gasteiger partial charge in [-0.05, 0) is 23.8 Å². The number of nitrogens with two attached hydrogens (primary N) is 1. The molecule has 0 unspecified atom stereocenters. The van der Waals surface area contributed by atoms with Crippen LogP contribution in [0.25, 0.3) is 16.8 Å². The molecule has 0 saturated carbocycles. The summed E-state index contributed by atoms with van der Waals surface area (Å²) in [5, 5.41) is 11.3. The molecule has 0 fully saturated rings. The molecule has 1 aromatic carbocycles. The van der Waals surface area contributed by atoms with Crippen LogP contribution in [0.15, 0.2) is 42.9 Å². The summed E-state index contributed by atoms with van der Waals surface area (Å²) in [6, 6.07) is 7.53. The van der Waals surface area contributed by atoms with Gasteiger partial charge in [0.1, 0.15) is 5.82 Å².